The second-order valence-electron chi connectivity index (χ2n) is 1.41. The van der Waals surface area contributed by atoms with Crippen LogP contribution in [0.1, 0.15) is 12.8 Å². The third-order valence-corrected chi connectivity index (χ3v) is 2.64. The summed E-state index contributed by atoms with van der Waals surface area (Å²) in [6.45, 7) is 0. The van der Waals surface area contributed by atoms with Crippen molar-refractivity contribution in [2.24, 2.45) is 0 Å². The van der Waals surface area contributed by atoms with E-state index in [0.29, 0.717) is -6.67 Å². The molecule has 4 heteroatoms. The average Bonchev–Trinajstić information content (AvgIpc) is 1.59. The maximum absolute atomic E-state index is 2.76. The van der Waals surface area contributed by atoms with E-state index in [9.17, 15) is 0 Å². The molecular weight excluding hydrogens is 556 g/mol. The molecule has 0 N–H and O–H groups in total. The normalized spacial score (nSPS) is 12.4. The van der Waals surface area contributed by atoms with E-state index in [1.165, 1.54) is 19.0 Å². The summed E-state index contributed by atoms with van der Waals surface area (Å²) < 4.78 is 0.538. The van der Waals surface area contributed by atoms with E-state index in [-0.39, 0.29) is 0 Å². The molecule has 8 heavy (non-hydrogen) atoms. The quantitative estimate of drug-likeness (QED) is 0.455. The molecule has 0 aliphatic carbocycles. The van der Waals surface area contributed by atoms with Crippen molar-refractivity contribution in [1.82, 2.24) is 0 Å². The fraction of sp³-hybridized carbons (Fsp3) is 1.00. The van der Waals surface area contributed by atoms with Crippen LogP contribution in [-0.4, -0.2) is 6.16 Å². The van der Waals surface area contributed by atoms with E-state index in [4.69, 9.17) is 0 Å². The SMILES string of the molecule is PCCC[C]([Tb])([Tb])[Tb]. The Bertz CT molecular complexity index is 58.8. The van der Waals surface area contributed by atoms with Crippen molar-refractivity contribution >= 4 is 9.24 Å². The molecule has 0 radical (unpaired) electrons. The van der Waals surface area contributed by atoms with Gasteiger partial charge in [0.1, 0.15) is 0 Å². The van der Waals surface area contributed by atoms with Gasteiger partial charge in [-0.15, -0.1) is 0 Å². The molecule has 1 unspecified atom stereocenters. The van der Waals surface area contributed by atoms with Crippen molar-refractivity contribution in [1.29, 1.82) is 0 Å². The third-order valence-electron chi connectivity index (χ3n) is 0.631. The van der Waals surface area contributed by atoms with E-state index < -0.39 is 0 Å². The third kappa shape index (κ3) is 10.3. The van der Waals surface area contributed by atoms with Gasteiger partial charge in [0.05, 0.1) is 0 Å². The second kappa shape index (κ2) is 6.77. The summed E-state index contributed by atoms with van der Waals surface area (Å²) >= 11 is 6.86. The zero-order valence-corrected chi connectivity index (χ0v) is 11.8. The number of hydrogen-bond donors (Lipinski definition) is 0. The van der Waals surface area contributed by atoms with Crippen molar-refractivity contribution in [3.8, 4) is 0 Å². The van der Waals surface area contributed by atoms with Crippen LogP contribution >= 0.6 is 9.24 Å². The number of hydrogen-bond acceptors (Lipinski definition) is 0. The minimum atomic E-state index is 0.538. The zero-order valence-electron chi connectivity index (χ0n) is 4.20. The Morgan fingerprint density at radius 3 is 1.88 bits per heavy atom. The molecule has 0 aromatic rings. The zero-order chi connectivity index (χ0) is 6.62. The van der Waals surface area contributed by atoms with Gasteiger partial charge in [0, 0.05) is 0 Å². The standard InChI is InChI=1S/C4H8P.3Tb/c1-2-3-4-5;;;/h2-5H2;;;. The molecule has 0 aromatic heterocycles. The molecule has 0 aliphatic heterocycles. The Morgan fingerprint density at radius 2 is 1.75 bits per heavy atom. The molecule has 0 saturated carbocycles. The van der Waals surface area contributed by atoms with Gasteiger partial charge in [0.25, 0.3) is 0 Å². The van der Waals surface area contributed by atoms with Gasteiger partial charge in [-0.05, 0) is 0 Å². The summed E-state index contributed by atoms with van der Waals surface area (Å²) in [4.78, 5) is 0. The molecule has 1 atom stereocenters. The van der Waals surface area contributed by atoms with Gasteiger partial charge in [-0.2, -0.15) is 0 Å². The van der Waals surface area contributed by atoms with Crippen LogP contribution < -0.4 is 0 Å². The van der Waals surface area contributed by atoms with Crippen LogP contribution in [0.2, 0.25) is -6.67 Å². The van der Waals surface area contributed by atoms with Crippen LogP contribution in [0.25, 0.3) is 0 Å². The molecule has 0 nitrogen and oxygen atoms in total. The van der Waals surface area contributed by atoms with E-state index in [2.05, 4.69) is 119 Å². The molecule has 0 rings (SSSR count). The summed E-state index contributed by atoms with van der Waals surface area (Å²) in [5.41, 5.74) is 0. The van der Waals surface area contributed by atoms with E-state index >= 15 is 0 Å². The predicted octanol–water partition coefficient (Wildman–Crippen LogP) is 1.36. The van der Waals surface area contributed by atoms with E-state index in [1.807, 2.05) is 0 Å². The molecule has 0 saturated heterocycles. The first-order valence-corrected chi connectivity index (χ1v) is 6.29. The van der Waals surface area contributed by atoms with E-state index in [0.717, 1.165) is 0 Å². The summed E-state index contributed by atoms with van der Waals surface area (Å²) in [7, 11) is 2.76. The molecule has 0 fully saturated rings. The van der Waals surface area contributed by atoms with Gasteiger partial charge < -0.3 is 0 Å². The monoisotopic (exact) mass is 564 g/mol. The van der Waals surface area contributed by atoms with Crippen LogP contribution in [0.15, 0.2) is 0 Å². The number of rotatable bonds is 3. The van der Waals surface area contributed by atoms with Crippen LogP contribution in [0.4, 0.5) is 0 Å². The van der Waals surface area contributed by atoms with Gasteiger partial charge in [-0.3, -0.25) is 0 Å². The summed E-state index contributed by atoms with van der Waals surface area (Å²) in [6.07, 6.45) is 3.93. The molecule has 0 spiro atoms. The Balaban J connectivity index is 3.11. The van der Waals surface area contributed by atoms with Gasteiger partial charge in [0.15, 0.2) is 0 Å². The average molecular weight is 564 g/mol. The Morgan fingerprint density at radius 1 is 1.25 bits per heavy atom. The van der Waals surface area contributed by atoms with Gasteiger partial charge in [-0.1, -0.05) is 0 Å². The molecule has 0 aromatic carbocycles. The van der Waals surface area contributed by atoms with E-state index in [1.54, 1.807) is 0 Å². The topological polar surface area (TPSA) is 0 Å². The van der Waals surface area contributed by atoms with Crippen LogP contribution in [0, 0.1) is 110 Å². The minimum absolute atomic E-state index is 0.538. The first kappa shape index (κ1) is 12.3. The van der Waals surface area contributed by atoms with Crippen molar-refractivity contribution in [3.05, 3.63) is 0 Å². The predicted molar refractivity (Wildman–Crippen MR) is 26.5 cm³/mol. The molecule has 0 bridgehead atoms. The van der Waals surface area contributed by atoms with Crippen LogP contribution in [0.3, 0.4) is 0 Å². The Kier molecular flexibility index (Phi) is 10.4. The Labute approximate surface area is 127 Å². The fourth-order valence-corrected chi connectivity index (χ4v) is 1.62. The van der Waals surface area contributed by atoms with Crippen molar-refractivity contribution in [2.45, 2.75) is 6.17 Å². The molecule has 0 aliphatic rings. The van der Waals surface area contributed by atoms with Crippen molar-refractivity contribution in [2.75, 3.05) is 6.16 Å². The first-order valence-electron chi connectivity index (χ1n) is 2.26. The summed E-state index contributed by atoms with van der Waals surface area (Å²) in [5.74, 6) is 0. The Hall–Kier alpha value is 4.29. The van der Waals surface area contributed by atoms with Gasteiger partial charge in [0.2, 0.25) is 0 Å². The molecular formula is C4H8PTb3. The molecule has 0 heterocycles. The molecule has 0 amide bonds. The van der Waals surface area contributed by atoms with Crippen LogP contribution in [0.5, 0.6) is 0 Å². The second-order valence-corrected chi connectivity index (χ2v) is 13.3. The summed E-state index contributed by atoms with van der Waals surface area (Å²) in [5, 5.41) is 0. The maximum atomic E-state index is 2.76. The van der Waals surface area contributed by atoms with Gasteiger partial charge in [-0.25, -0.2) is 0 Å². The molecule has 56 valence electrons. The van der Waals surface area contributed by atoms with Crippen molar-refractivity contribution in [3.63, 3.8) is 0 Å². The van der Waals surface area contributed by atoms with Gasteiger partial charge >= 0.3 is 131 Å². The van der Waals surface area contributed by atoms with Crippen LogP contribution in [-0.2, 0) is 0 Å². The fourth-order valence-electron chi connectivity index (χ4n) is 0.279. The summed E-state index contributed by atoms with van der Waals surface area (Å²) in [6, 6.07) is 0. The van der Waals surface area contributed by atoms with Crippen molar-refractivity contribution < 1.29 is 110 Å². The first-order chi connectivity index (χ1) is 3.56.